The molecule has 0 amide bonds. The van der Waals surface area contributed by atoms with Crippen molar-refractivity contribution in [2.45, 2.75) is 18.4 Å². The molecule has 0 aliphatic rings. The third-order valence-electron chi connectivity index (χ3n) is 2.96. The van der Waals surface area contributed by atoms with Crippen molar-refractivity contribution in [3.63, 3.8) is 0 Å². The molecule has 0 fully saturated rings. The van der Waals surface area contributed by atoms with Gasteiger partial charge in [0, 0.05) is 22.5 Å². The number of carboxylic acids is 1. The third-order valence-corrected chi connectivity index (χ3v) is 5.65. The van der Waals surface area contributed by atoms with Crippen LogP contribution in [0.2, 0.25) is 0 Å². The fourth-order valence-electron chi connectivity index (χ4n) is 1.72. The summed E-state index contributed by atoms with van der Waals surface area (Å²) in [6.45, 7) is 2.11. The Labute approximate surface area is 127 Å². The fraction of sp³-hybridized carbons (Fsp3) is 0.214. The first-order valence-electron chi connectivity index (χ1n) is 6.30. The molecule has 0 bridgehead atoms. The number of thiophene rings is 1. The Morgan fingerprint density at radius 2 is 1.95 bits per heavy atom. The average Bonchev–Trinajstić information content (AvgIpc) is 2.95. The average molecular weight is 325 g/mol. The first-order chi connectivity index (χ1) is 9.92. The van der Waals surface area contributed by atoms with Crippen molar-refractivity contribution in [2.75, 3.05) is 11.1 Å². The Hall–Kier alpha value is -1.86. The van der Waals surface area contributed by atoms with Gasteiger partial charge in [-0.1, -0.05) is 6.92 Å². The van der Waals surface area contributed by atoms with E-state index in [9.17, 15) is 13.2 Å². The lowest BCUT2D eigenvalue weighted by atomic mass is 10.3. The minimum atomic E-state index is -3.18. The van der Waals surface area contributed by atoms with Gasteiger partial charge in [0.2, 0.25) is 0 Å². The Morgan fingerprint density at radius 3 is 2.48 bits per heavy atom. The van der Waals surface area contributed by atoms with Crippen molar-refractivity contribution < 1.29 is 18.3 Å². The summed E-state index contributed by atoms with van der Waals surface area (Å²) in [7, 11) is -3.18. The van der Waals surface area contributed by atoms with Gasteiger partial charge in [-0.25, -0.2) is 13.2 Å². The molecule has 2 aromatic rings. The number of benzene rings is 1. The van der Waals surface area contributed by atoms with E-state index in [1.165, 1.54) is 11.3 Å². The van der Waals surface area contributed by atoms with Gasteiger partial charge in [-0.15, -0.1) is 11.3 Å². The molecular weight excluding hydrogens is 310 g/mol. The zero-order valence-electron chi connectivity index (χ0n) is 11.4. The lowest BCUT2D eigenvalue weighted by molar-refractivity contribution is 0.0697. The van der Waals surface area contributed by atoms with Gasteiger partial charge in [0.05, 0.1) is 16.2 Å². The van der Waals surface area contributed by atoms with Crippen LogP contribution in [0.15, 0.2) is 40.6 Å². The molecule has 2 N–H and O–H groups in total. The predicted molar refractivity (Wildman–Crippen MR) is 82.8 cm³/mol. The zero-order chi connectivity index (χ0) is 15.5. The summed E-state index contributed by atoms with van der Waals surface area (Å²) in [5, 5.41) is 13.6. The highest BCUT2D eigenvalue weighted by Crippen LogP contribution is 2.19. The fourth-order valence-corrected chi connectivity index (χ4v) is 3.40. The Bertz CT molecular complexity index is 733. The number of rotatable bonds is 6. The third kappa shape index (κ3) is 3.83. The molecule has 2 rings (SSSR count). The van der Waals surface area contributed by atoms with E-state index in [1.54, 1.807) is 42.6 Å². The van der Waals surface area contributed by atoms with Gasteiger partial charge in [0.15, 0.2) is 9.84 Å². The van der Waals surface area contributed by atoms with E-state index in [-0.39, 0.29) is 11.3 Å². The van der Waals surface area contributed by atoms with E-state index in [0.717, 1.165) is 10.6 Å². The Balaban J connectivity index is 2.02. The lowest BCUT2D eigenvalue weighted by Gasteiger charge is -2.06. The summed E-state index contributed by atoms with van der Waals surface area (Å²) < 4.78 is 23.4. The van der Waals surface area contributed by atoms with Crippen LogP contribution < -0.4 is 5.32 Å². The second-order valence-corrected chi connectivity index (χ2v) is 7.66. The van der Waals surface area contributed by atoms with Crippen LogP contribution in [0.5, 0.6) is 0 Å². The quantitative estimate of drug-likeness (QED) is 0.853. The van der Waals surface area contributed by atoms with E-state index in [0.29, 0.717) is 11.4 Å². The maximum absolute atomic E-state index is 11.7. The maximum Gasteiger partial charge on any atom is 0.336 e. The van der Waals surface area contributed by atoms with E-state index in [4.69, 9.17) is 5.11 Å². The van der Waals surface area contributed by atoms with Crippen molar-refractivity contribution in [1.82, 2.24) is 0 Å². The van der Waals surface area contributed by atoms with Crippen LogP contribution in [-0.2, 0) is 16.4 Å². The summed E-state index contributed by atoms with van der Waals surface area (Å²) in [5.74, 6) is -0.862. The van der Waals surface area contributed by atoms with Crippen LogP contribution >= 0.6 is 11.3 Å². The second-order valence-electron chi connectivity index (χ2n) is 4.39. The topological polar surface area (TPSA) is 83.5 Å². The van der Waals surface area contributed by atoms with Gasteiger partial charge in [-0.2, -0.15) is 0 Å². The monoisotopic (exact) mass is 325 g/mol. The van der Waals surface area contributed by atoms with Gasteiger partial charge in [0.25, 0.3) is 0 Å². The van der Waals surface area contributed by atoms with Gasteiger partial charge in [-0.05, 0) is 30.3 Å². The summed E-state index contributed by atoms with van der Waals surface area (Å²) in [5.41, 5.74) is 1.07. The zero-order valence-corrected chi connectivity index (χ0v) is 13.0. The molecule has 0 atom stereocenters. The first kappa shape index (κ1) is 15.5. The minimum absolute atomic E-state index is 0.0763. The summed E-state index contributed by atoms with van der Waals surface area (Å²) >= 11 is 1.37. The van der Waals surface area contributed by atoms with Crippen LogP contribution in [0.1, 0.15) is 22.2 Å². The first-order valence-corrected chi connectivity index (χ1v) is 8.83. The molecule has 0 saturated heterocycles. The van der Waals surface area contributed by atoms with Gasteiger partial charge < -0.3 is 10.4 Å². The van der Waals surface area contributed by atoms with Crippen LogP contribution in [0, 0.1) is 0 Å². The molecule has 7 heteroatoms. The van der Waals surface area contributed by atoms with Gasteiger partial charge >= 0.3 is 5.97 Å². The summed E-state index contributed by atoms with van der Waals surface area (Å²) in [6.07, 6.45) is 0. The molecule has 112 valence electrons. The smallest absolute Gasteiger partial charge is 0.336 e. The van der Waals surface area contributed by atoms with Crippen molar-refractivity contribution in [2.24, 2.45) is 0 Å². The maximum atomic E-state index is 11.7. The number of carboxylic acid groups (broad SMARTS) is 1. The number of sulfone groups is 1. The molecule has 0 aliphatic carbocycles. The molecule has 0 spiro atoms. The molecule has 1 aromatic heterocycles. The number of aromatic carboxylic acids is 1. The lowest BCUT2D eigenvalue weighted by Crippen LogP contribution is -2.04. The number of anilines is 1. The van der Waals surface area contributed by atoms with E-state index in [1.807, 2.05) is 0 Å². The van der Waals surface area contributed by atoms with Crippen LogP contribution in [-0.4, -0.2) is 25.2 Å². The molecule has 0 unspecified atom stereocenters. The Kier molecular flexibility index (Phi) is 4.64. The summed E-state index contributed by atoms with van der Waals surface area (Å²) in [6, 6.07) is 8.16. The molecule has 1 aromatic carbocycles. The minimum Gasteiger partial charge on any atom is -0.478 e. The number of nitrogens with one attached hydrogen (secondary N) is 1. The van der Waals surface area contributed by atoms with Crippen LogP contribution in [0.3, 0.4) is 0 Å². The molecule has 0 saturated carbocycles. The van der Waals surface area contributed by atoms with E-state index in [2.05, 4.69) is 5.32 Å². The van der Waals surface area contributed by atoms with Crippen molar-refractivity contribution in [3.8, 4) is 0 Å². The molecule has 0 radical (unpaired) electrons. The van der Waals surface area contributed by atoms with E-state index < -0.39 is 15.8 Å². The SMILES string of the molecule is CCS(=O)(=O)c1ccc(NCc2cc(C(=O)O)cs2)cc1. The van der Waals surface area contributed by atoms with Gasteiger partial charge in [-0.3, -0.25) is 0 Å². The molecule has 21 heavy (non-hydrogen) atoms. The highest BCUT2D eigenvalue weighted by atomic mass is 32.2. The summed E-state index contributed by atoms with van der Waals surface area (Å²) in [4.78, 5) is 12.0. The molecule has 1 heterocycles. The highest BCUT2D eigenvalue weighted by Gasteiger charge is 2.11. The van der Waals surface area contributed by atoms with Crippen LogP contribution in [0.25, 0.3) is 0 Å². The second kappa shape index (κ2) is 6.28. The van der Waals surface area contributed by atoms with E-state index >= 15 is 0 Å². The number of hydrogen-bond donors (Lipinski definition) is 2. The molecular formula is C14H15NO4S2. The standard InChI is InChI=1S/C14H15NO4S2/c1-2-21(18,19)13-5-3-11(4-6-13)15-8-12-7-10(9-20-12)14(16)17/h3-7,9,15H,2,8H2,1H3,(H,16,17). The normalized spacial score (nSPS) is 11.3. The predicted octanol–water partition coefficient (Wildman–Crippen LogP) is 2.85. The number of hydrogen-bond acceptors (Lipinski definition) is 5. The Morgan fingerprint density at radius 1 is 1.29 bits per heavy atom. The van der Waals surface area contributed by atoms with Crippen molar-refractivity contribution >= 4 is 32.8 Å². The largest absolute Gasteiger partial charge is 0.478 e. The molecule has 5 nitrogen and oxygen atoms in total. The number of carbonyl (C=O) groups is 1. The highest BCUT2D eigenvalue weighted by molar-refractivity contribution is 7.91. The molecule has 0 aliphatic heterocycles. The van der Waals surface area contributed by atoms with Crippen LogP contribution in [0.4, 0.5) is 5.69 Å². The van der Waals surface area contributed by atoms with Gasteiger partial charge in [0.1, 0.15) is 0 Å². The van der Waals surface area contributed by atoms with Crippen molar-refractivity contribution in [1.29, 1.82) is 0 Å². The van der Waals surface area contributed by atoms with Crippen molar-refractivity contribution in [3.05, 3.63) is 46.2 Å².